The van der Waals surface area contributed by atoms with E-state index in [0.29, 0.717) is 33.0 Å². The van der Waals surface area contributed by atoms with Crippen molar-refractivity contribution in [1.29, 1.82) is 0 Å². The smallest absolute Gasteiger partial charge is 0.123 e. The maximum absolute atomic E-state index is 6.56. The summed E-state index contributed by atoms with van der Waals surface area (Å²) in [4.78, 5) is 0. The number of rotatable bonds is 16. The fourth-order valence-corrected chi connectivity index (χ4v) is 7.29. The number of benzene rings is 5. The molecule has 5 aromatic rings. The zero-order valence-corrected chi connectivity index (χ0v) is 29.1. The average Bonchev–Trinajstić information content (AvgIpc) is 3.11. The van der Waals surface area contributed by atoms with Gasteiger partial charge < -0.3 is 23.7 Å². The van der Waals surface area contributed by atoms with Crippen LogP contribution < -0.4 is 23.7 Å². The van der Waals surface area contributed by atoms with Crippen molar-refractivity contribution >= 4 is 0 Å². The highest BCUT2D eigenvalue weighted by atomic mass is 16.5. The van der Waals surface area contributed by atoms with E-state index in [1.165, 1.54) is 0 Å². The van der Waals surface area contributed by atoms with Crippen LogP contribution in [0.4, 0.5) is 0 Å². The third-order valence-electron chi connectivity index (χ3n) is 8.97. The van der Waals surface area contributed by atoms with Gasteiger partial charge in [0.15, 0.2) is 0 Å². The molecule has 48 heavy (non-hydrogen) atoms. The van der Waals surface area contributed by atoms with Gasteiger partial charge in [-0.15, -0.1) is 0 Å². The Labute approximate surface area is 286 Å². The summed E-state index contributed by atoms with van der Waals surface area (Å²) in [5, 5.41) is 0. The molecule has 0 atom stereocenters. The van der Waals surface area contributed by atoms with E-state index in [1.54, 1.807) is 0 Å². The number of para-hydroxylation sites is 5. The second kappa shape index (κ2) is 15.8. The van der Waals surface area contributed by atoms with E-state index in [-0.39, 0.29) is 0 Å². The first kappa shape index (κ1) is 34.4. The molecule has 0 saturated carbocycles. The molecule has 5 nitrogen and oxygen atoms in total. The molecule has 0 aliphatic rings. The minimum atomic E-state index is -1.04. The topological polar surface area (TPSA) is 46.2 Å². The summed E-state index contributed by atoms with van der Waals surface area (Å²) in [7, 11) is 0. The molecule has 5 rings (SSSR count). The van der Waals surface area contributed by atoms with Crippen LogP contribution in [0, 0.1) is 0 Å². The lowest BCUT2D eigenvalue weighted by Gasteiger charge is -2.52. The highest BCUT2D eigenvalue weighted by molar-refractivity contribution is 5.71. The summed E-state index contributed by atoms with van der Waals surface area (Å²) in [6.07, 6.45) is 0. The first-order valence-electron chi connectivity index (χ1n) is 17.1. The molecule has 0 aliphatic carbocycles. The molecule has 0 amide bonds. The highest BCUT2D eigenvalue weighted by Crippen LogP contribution is 2.63. The Kier molecular flexibility index (Phi) is 11.3. The van der Waals surface area contributed by atoms with Crippen molar-refractivity contribution in [2.75, 3.05) is 33.0 Å². The summed E-state index contributed by atoms with van der Waals surface area (Å²) in [5.41, 5.74) is 2.89. The van der Waals surface area contributed by atoms with E-state index in [1.807, 2.05) is 65.0 Å². The van der Waals surface area contributed by atoms with Crippen LogP contribution in [0.25, 0.3) is 0 Å². The van der Waals surface area contributed by atoms with Crippen molar-refractivity contribution in [3.8, 4) is 28.7 Å². The predicted octanol–water partition coefficient (Wildman–Crippen LogP) is 10.0. The van der Waals surface area contributed by atoms with Gasteiger partial charge in [-0.1, -0.05) is 91.0 Å². The van der Waals surface area contributed by atoms with Crippen molar-refractivity contribution in [3.05, 3.63) is 149 Å². The molecule has 0 bridgehead atoms. The first-order valence-corrected chi connectivity index (χ1v) is 17.1. The second-order valence-electron chi connectivity index (χ2n) is 11.5. The molecule has 5 heteroatoms. The van der Waals surface area contributed by atoms with Crippen LogP contribution in [-0.2, 0) is 10.8 Å². The Morgan fingerprint density at radius 1 is 0.333 bits per heavy atom. The molecule has 0 aromatic heterocycles. The van der Waals surface area contributed by atoms with E-state index in [0.717, 1.165) is 56.6 Å². The predicted molar refractivity (Wildman–Crippen MR) is 194 cm³/mol. The molecule has 0 spiro atoms. The third-order valence-corrected chi connectivity index (χ3v) is 8.97. The van der Waals surface area contributed by atoms with Crippen LogP contribution in [0.15, 0.2) is 121 Å². The van der Waals surface area contributed by atoms with Crippen LogP contribution in [0.3, 0.4) is 0 Å². The molecule has 0 aliphatic heterocycles. The summed E-state index contributed by atoms with van der Waals surface area (Å²) in [6.45, 7) is 14.9. The Morgan fingerprint density at radius 2 is 0.542 bits per heavy atom. The fraction of sp³-hybridized carbons (Fsp3) is 0.302. The molecule has 250 valence electrons. The lowest BCUT2D eigenvalue weighted by Crippen LogP contribution is -2.51. The largest absolute Gasteiger partial charge is 0.494 e. The van der Waals surface area contributed by atoms with Crippen molar-refractivity contribution in [3.63, 3.8) is 0 Å². The highest BCUT2D eigenvalue weighted by Gasteiger charge is 2.59. The summed E-state index contributed by atoms with van der Waals surface area (Å²) in [6, 6.07) is 41.8. The Hall–Kier alpha value is -4.90. The minimum Gasteiger partial charge on any atom is -0.494 e. The molecule has 0 N–H and O–H groups in total. The Bertz CT molecular complexity index is 1610. The molecular weight excluding hydrogens is 596 g/mol. The summed E-state index contributed by atoms with van der Waals surface area (Å²) < 4.78 is 32.7. The number of ether oxygens (including phenoxy) is 5. The van der Waals surface area contributed by atoms with Gasteiger partial charge in [0.1, 0.15) is 28.7 Å². The molecule has 0 radical (unpaired) electrons. The zero-order valence-electron chi connectivity index (χ0n) is 29.1. The fourth-order valence-electron chi connectivity index (χ4n) is 7.29. The van der Waals surface area contributed by atoms with Gasteiger partial charge in [-0.25, -0.2) is 0 Å². The van der Waals surface area contributed by atoms with Crippen LogP contribution in [0.1, 0.15) is 69.4 Å². The van der Waals surface area contributed by atoms with Crippen molar-refractivity contribution in [2.24, 2.45) is 0 Å². The van der Waals surface area contributed by atoms with Gasteiger partial charge in [-0.3, -0.25) is 0 Å². The molecule has 0 saturated heterocycles. The maximum atomic E-state index is 6.56. The lowest BCUT2D eigenvalue weighted by atomic mass is 9.49. The van der Waals surface area contributed by atoms with E-state index in [9.17, 15) is 0 Å². The van der Waals surface area contributed by atoms with Gasteiger partial charge >= 0.3 is 0 Å². The maximum Gasteiger partial charge on any atom is 0.123 e. The van der Waals surface area contributed by atoms with Crippen molar-refractivity contribution in [2.45, 2.75) is 52.4 Å². The van der Waals surface area contributed by atoms with Crippen LogP contribution in [0.2, 0.25) is 0 Å². The van der Waals surface area contributed by atoms with Crippen LogP contribution in [-0.4, -0.2) is 33.0 Å². The van der Waals surface area contributed by atoms with Crippen LogP contribution in [0.5, 0.6) is 28.7 Å². The zero-order chi connectivity index (χ0) is 34.0. The number of hydrogen-bond donors (Lipinski definition) is 0. The Balaban J connectivity index is 2.17. The van der Waals surface area contributed by atoms with E-state index < -0.39 is 10.8 Å². The van der Waals surface area contributed by atoms with Gasteiger partial charge in [-0.05, 0) is 71.9 Å². The SMILES string of the molecule is CCOc1ccccc1C(C)(c1ccccc1OCC)C(c1ccccc1OCC)(c1ccccc1OCC)c1ccccc1OCC. The Morgan fingerprint density at radius 3 is 0.792 bits per heavy atom. The van der Waals surface area contributed by atoms with E-state index in [2.05, 4.69) is 97.9 Å². The standard InChI is InChI=1S/C43H48O5/c1-7-44-37-27-17-12-22-32(37)42(6,33-23-13-18-28-38(33)45-8-2)43(34-24-14-19-29-39(34)46-9-3,35-25-15-20-30-40(35)47-10-4)36-26-16-21-31-41(36)48-11-5/h12-31H,7-11H2,1-6H3. The van der Waals surface area contributed by atoms with Gasteiger partial charge in [0.25, 0.3) is 0 Å². The summed E-state index contributed by atoms with van der Waals surface area (Å²) in [5.74, 6) is 3.88. The van der Waals surface area contributed by atoms with E-state index in [4.69, 9.17) is 23.7 Å². The second-order valence-corrected chi connectivity index (χ2v) is 11.5. The summed E-state index contributed by atoms with van der Waals surface area (Å²) >= 11 is 0. The molecule has 0 unspecified atom stereocenters. The van der Waals surface area contributed by atoms with E-state index >= 15 is 0 Å². The quantitative estimate of drug-likeness (QED) is 0.100. The first-order chi connectivity index (χ1) is 23.5. The van der Waals surface area contributed by atoms with Crippen LogP contribution >= 0.6 is 0 Å². The van der Waals surface area contributed by atoms with Gasteiger partial charge in [0, 0.05) is 33.2 Å². The minimum absolute atomic E-state index is 0.495. The van der Waals surface area contributed by atoms with Gasteiger partial charge in [0.05, 0.1) is 38.4 Å². The number of hydrogen-bond acceptors (Lipinski definition) is 5. The molecule has 5 aromatic carbocycles. The third kappa shape index (κ3) is 6.10. The van der Waals surface area contributed by atoms with Crippen molar-refractivity contribution in [1.82, 2.24) is 0 Å². The lowest BCUT2D eigenvalue weighted by molar-refractivity contribution is 0.271. The van der Waals surface area contributed by atoms with Gasteiger partial charge in [-0.2, -0.15) is 0 Å². The normalized spacial score (nSPS) is 11.5. The molecule has 0 heterocycles. The average molecular weight is 645 g/mol. The monoisotopic (exact) mass is 644 g/mol. The van der Waals surface area contributed by atoms with Gasteiger partial charge in [0.2, 0.25) is 0 Å². The molecule has 0 fully saturated rings. The van der Waals surface area contributed by atoms with Crippen molar-refractivity contribution < 1.29 is 23.7 Å². The molecular formula is C43H48O5.